The summed E-state index contributed by atoms with van der Waals surface area (Å²) in [4.78, 5) is 12.2. The summed E-state index contributed by atoms with van der Waals surface area (Å²) in [6, 6.07) is 10.0. The number of hydrogen-bond donors (Lipinski definition) is 2. The van der Waals surface area contributed by atoms with Crippen molar-refractivity contribution in [2.75, 3.05) is 20.1 Å². The molecule has 1 aromatic carbocycles. The van der Waals surface area contributed by atoms with Crippen molar-refractivity contribution in [2.45, 2.75) is 32.1 Å². The summed E-state index contributed by atoms with van der Waals surface area (Å²) in [6.45, 7) is 3.79. The summed E-state index contributed by atoms with van der Waals surface area (Å²) in [7, 11) is 1.92. The van der Waals surface area contributed by atoms with Crippen molar-refractivity contribution in [3.05, 3.63) is 35.9 Å². The highest BCUT2D eigenvalue weighted by Gasteiger charge is 2.18. The van der Waals surface area contributed by atoms with Crippen LogP contribution >= 0.6 is 12.4 Å². The number of amides is 1. The number of benzene rings is 1. The summed E-state index contributed by atoms with van der Waals surface area (Å²) in [5.41, 5.74) is 1.12. The molecule has 0 bridgehead atoms. The van der Waals surface area contributed by atoms with Gasteiger partial charge in [0.25, 0.3) is 0 Å². The Kier molecular flexibility index (Phi) is 10.2. The molecule has 19 heavy (non-hydrogen) atoms. The van der Waals surface area contributed by atoms with Gasteiger partial charge in [0.1, 0.15) is 0 Å². The van der Waals surface area contributed by atoms with Gasteiger partial charge in [-0.3, -0.25) is 4.79 Å². The van der Waals surface area contributed by atoms with Crippen LogP contribution in [-0.4, -0.2) is 26.0 Å². The molecule has 108 valence electrons. The summed E-state index contributed by atoms with van der Waals surface area (Å²) in [5.74, 6) is 0.143. The molecular weight excluding hydrogens is 260 g/mol. The SMILES string of the molecule is CCCC(C(=O)NCCCNC)c1ccccc1.Cl. The first-order chi connectivity index (χ1) is 8.79. The van der Waals surface area contributed by atoms with Crippen molar-refractivity contribution >= 4 is 18.3 Å². The number of carbonyl (C=O) groups excluding carboxylic acids is 1. The minimum Gasteiger partial charge on any atom is -0.356 e. The molecule has 4 heteroatoms. The lowest BCUT2D eigenvalue weighted by atomic mass is 9.93. The fraction of sp³-hybridized carbons (Fsp3) is 0.533. The summed E-state index contributed by atoms with van der Waals surface area (Å²) in [6.07, 6.45) is 2.89. The molecule has 0 radical (unpaired) electrons. The molecule has 0 saturated heterocycles. The first-order valence-electron chi connectivity index (χ1n) is 6.76. The van der Waals surface area contributed by atoms with Crippen molar-refractivity contribution in [2.24, 2.45) is 0 Å². The molecule has 0 saturated carbocycles. The Hall–Kier alpha value is -1.06. The first-order valence-corrected chi connectivity index (χ1v) is 6.76. The highest BCUT2D eigenvalue weighted by atomic mass is 35.5. The van der Waals surface area contributed by atoms with Gasteiger partial charge >= 0.3 is 0 Å². The van der Waals surface area contributed by atoms with E-state index in [-0.39, 0.29) is 24.2 Å². The maximum absolute atomic E-state index is 12.2. The lowest BCUT2D eigenvalue weighted by molar-refractivity contribution is -0.122. The van der Waals surface area contributed by atoms with Crippen LogP contribution < -0.4 is 10.6 Å². The molecule has 1 aromatic rings. The molecule has 0 aliphatic rings. The highest BCUT2D eigenvalue weighted by Crippen LogP contribution is 2.21. The van der Waals surface area contributed by atoms with E-state index < -0.39 is 0 Å². The summed E-state index contributed by atoms with van der Waals surface area (Å²) in [5, 5.41) is 6.10. The average molecular weight is 285 g/mol. The zero-order valence-corrected chi connectivity index (χ0v) is 12.6. The lowest BCUT2D eigenvalue weighted by Crippen LogP contribution is -2.31. The second-order valence-electron chi connectivity index (χ2n) is 4.50. The second-order valence-corrected chi connectivity index (χ2v) is 4.50. The molecule has 0 aliphatic carbocycles. The maximum atomic E-state index is 12.2. The van der Waals surface area contributed by atoms with Crippen molar-refractivity contribution in [1.29, 1.82) is 0 Å². The van der Waals surface area contributed by atoms with Gasteiger partial charge in [0.05, 0.1) is 5.92 Å². The fourth-order valence-electron chi connectivity index (χ4n) is 2.02. The molecule has 0 spiro atoms. The van der Waals surface area contributed by atoms with Crippen LogP contribution in [-0.2, 0) is 4.79 Å². The molecule has 1 amide bonds. The fourth-order valence-corrected chi connectivity index (χ4v) is 2.02. The summed E-state index contributed by atoms with van der Waals surface area (Å²) >= 11 is 0. The predicted molar refractivity (Wildman–Crippen MR) is 82.9 cm³/mol. The van der Waals surface area contributed by atoms with Crippen molar-refractivity contribution < 1.29 is 4.79 Å². The van der Waals surface area contributed by atoms with Gasteiger partial charge in [0.15, 0.2) is 0 Å². The molecule has 1 rings (SSSR count). The van der Waals surface area contributed by atoms with E-state index in [4.69, 9.17) is 0 Å². The van der Waals surface area contributed by atoms with Gasteiger partial charge in [0, 0.05) is 6.54 Å². The Bertz CT molecular complexity index is 343. The molecule has 3 nitrogen and oxygen atoms in total. The molecular formula is C15H25ClN2O. The molecule has 0 fully saturated rings. The monoisotopic (exact) mass is 284 g/mol. The molecule has 0 aliphatic heterocycles. The van der Waals surface area contributed by atoms with E-state index in [2.05, 4.69) is 17.6 Å². The highest BCUT2D eigenvalue weighted by molar-refractivity contribution is 5.85. The molecule has 2 N–H and O–H groups in total. The van der Waals surface area contributed by atoms with Crippen LogP contribution in [0.2, 0.25) is 0 Å². The van der Waals surface area contributed by atoms with Crippen LogP contribution in [0.15, 0.2) is 30.3 Å². The van der Waals surface area contributed by atoms with Crippen LogP contribution in [0.4, 0.5) is 0 Å². The molecule has 0 aromatic heterocycles. The minimum atomic E-state index is -0.00853. The Balaban J connectivity index is 0.00000324. The van der Waals surface area contributed by atoms with Crippen LogP contribution in [0.1, 0.15) is 37.7 Å². The Morgan fingerprint density at radius 2 is 1.89 bits per heavy atom. The largest absolute Gasteiger partial charge is 0.356 e. The topological polar surface area (TPSA) is 41.1 Å². The van der Waals surface area contributed by atoms with Gasteiger partial charge in [0.2, 0.25) is 5.91 Å². The maximum Gasteiger partial charge on any atom is 0.227 e. The number of halogens is 1. The third kappa shape index (κ3) is 6.60. The number of carbonyl (C=O) groups is 1. The minimum absolute atomic E-state index is 0. The van der Waals surface area contributed by atoms with E-state index in [9.17, 15) is 4.79 Å². The lowest BCUT2D eigenvalue weighted by Gasteiger charge is -2.16. The Labute approximate surface area is 122 Å². The standard InChI is InChI=1S/C15H24N2O.ClH/c1-3-8-14(13-9-5-4-6-10-13)15(18)17-12-7-11-16-2;/h4-6,9-10,14,16H,3,7-8,11-12H2,1-2H3,(H,17,18);1H. The van der Waals surface area contributed by atoms with Crippen LogP contribution in [0, 0.1) is 0 Å². The first kappa shape index (κ1) is 17.9. The van der Waals surface area contributed by atoms with E-state index >= 15 is 0 Å². The van der Waals surface area contributed by atoms with Crippen molar-refractivity contribution in [1.82, 2.24) is 10.6 Å². The van der Waals surface area contributed by atoms with Gasteiger partial charge in [-0.15, -0.1) is 12.4 Å². The van der Waals surface area contributed by atoms with E-state index in [0.717, 1.165) is 37.9 Å². The van der Waals surface area contributed by atoms with Crippen molar-refractivity contribution in [3.63, 3.8) is 0 Å². The number of rotatable bonds is 8. The Morgan fingerprint density at radius 3 is 2.47 bits per heavy atom. The molecule has 0 heterocycles. The molecule has 1 unspecified atom stereocenters. The summed E-state index contributed by atoms with van der Waals surface area (Å²) < 4.78 is 0. The third-order valence-electron chi connectivity index (χ3n) is 3.00. The zero-order chi connectivity index (χ0) is 13.2. The smallest absolute Gasteiger partial charge is 0.227 e. The van der Waals surface area contributed by atoms with Gasteiger partial charge in [-0.2, -0.15) is 0 Å². The van der Waals surface area contributed by atoms with E-state index in [1.165, 1.54) is 0 Å². The van der Waals surface area contributed by atoms with Gasteiger partial charge in [-0.1, -0.05) is 43.7 Å². The number of hydrogen-bond acceptors (Lipinski definition) is 2. The van der Waals surface area contributed by atoms with E-state index in [1.807, 2.05) is 37.4 Å². The normalized spacial score (nSPS) is 11.5. The number of nitrogens with one attached hydrogen (secondary N) is 2. The van der Waals surface area contributed by atoms with Crippen molar-refractivity contribution in [3.8, 4) is 0 Å². The van der Waals surface area contributed by atoms with Gasteiger partial charge < -0.3 is 10.6 Å². The van der Waals surface area contributed by atoms with Crippen LogP contribution in [0.25, 0.3) is 0 Å². The quantitative estimate of drug-likeness (QED) is 0.721. The van der Waals surface area contributed by atoms with Crippen LogP contribution in [0.3, 0.4) is 0 Å². The van der Waals surface area contributed by atoms with E-state index in [0.29, 0.717) is 0 Å². The second kappa shape index (κ2) is 10.8. The average Bonchev–Trinajstić information content (AvgIpc) is 2.41. The van der Waals surface area contributed by atoms with Crippen LogP contribution in [0.5, 0.6) is 0 Å². The third-order valence-corrected chi connectivity index (χ3v) is 3.00. The predicted octanol–water partition coefficient (Wildman–Crippen LogP) is 2.72. The van der Waals surface area contributed by atoms with Gasteiger partial charge in [-0.05, 0) is 32.0 Å². The van der Waals surface area contributed by atoms with Gasteiger partial charge in [-0.25, -0.2) is 0 Å². The zero-order valence-electron chi connectivity index (χ0n) is 11.8. The molecule has 1 atom stereocenters. The van der Waals surface area contributed by atoms with E-state index in [1.54, 1.807) is 0 Å². The Morgan fingerprint density at radius 1 is 1.21 bits per heavy atom.